The van der Waals surface area contributed by atoms with Gasteiger partial charge in [0.2, 0.25) is 0 Å². The molecule has 0 atom stereocenters. The van der Waals surface area contributed by atoms with Crippen molar-refractivity contribution in [3.8, 4) is 17.5 Å². The molecule has 0 aliphatic rings. The minimum atomic E-state index is 0.628. The highest BCUT2D eigenvalue weighted by Crippen LogP contribution is 2.25. The standard InChI is InChI=1S/C16H13N5/c1-3-13-8-12(10-18-20-13)16-19-14-6-5-11(9-17)7-15(14)21(16)4-2/h3,5-8,10H,1,4H2,2H3. The molecule has 0 aliphatic carbocycles. The number of hydrogen-bond acceptors (Lipinski definition) is 4. The Balaban J connectivity index is 2.27. The third-order valence-electron chi connectivity index (χ3n) is 3.33. The Bertz CT molecular complexity index is 870. The summed E-state index contributed by atoms with van der Waals surface area (Å²) in [6.07, 6.45) is 3.34. The number of imidazole rings is 1. The molecule has 0 amide bonds. The van der Waals surface area contributed by atoms with Crippen LogP contribution in [0, 0.1) is 11.3 Å². The molecule has 0 saturated heterocycles. The van der Waals surface area contributed by atoms with Crippen LogP contribution in [0.5, 0.6) is 0 Å². The molecule has 3 aromatic rings. The fourth-order valence-corrected chi connectivity index (χ4v) is 2.34. The molecule has 0 unspecified atom stereocenters. The molecule has 2 aromatic heterocycles. The van der Waals surface area contributed by atoms with Crippen molar-refractivity contribution in [2.24, 2.45) is 0 Å². The Morgan fingerprint density at radius 2 is 2.24 bits per heavy atom. The predicted molar refractivity (Wildman–Crippen MR) is 81.2 cm³/mol. The molecule has 0 saturated carbocycles. The van der Waals surface area contributed by atoms with Gasteiger partial charge in [-0.15, -0.1) is 0 Å². The first kappa shape index (κ1) is 13.0. The highest BCUT2D eigenvalue weighted by molar-refractivity contribution is 5.82. The van der Waals surface area contributed by atoms with Crippen LogP contribution in [0.15, 0.2) is 37.0 Å². The zero-order chi connectivity index (χ0) is 14.8. The van der Waals surface area contributed by atoms with Crippen LogP contribution < -0.4 is 0 Å². The number of hydrogen-bond donors (Lipinski definition) is 0. The molecule has 3 rings (SSSR count). The predicted octanol–water partition coefficient (Wildman–Crippen LogP) is 3.03. The van der Waals surface area contributed by atoms with Gasteiger partial charge in [-0.2, -0.15) is 15.5 Å². The lowest BCUT2D eigenvalue weighted by Crippen LogP contribution is -1.99. The first-order chi connectivity index (χ1) is 10.3. The highest BCUT2D eigenvalue weighted by Gasteiger charge is 2.12. The number of nitriles is 1. The average Bonchev–Trinajstić information content (AvgIpc) is 2.92. The second kappa shape index (κ2) is 5.17. The Kier molecular flexibility index (Phi) is 3.20. The van der Waals surface area contributed by atoms with E-state index in [9.17, 15) is 0 Å². The second-order valence-corrected chi connectivity index (χ2v) is 4.57. The van der Waals surface area contributed by atoms with Crippen LogP contribution >= 0.6 is 0 Å². The van der Waals surface area contributed by atoms with Gasteiger partial charge in [0, 0.05) is 12.1 Å². The lowest BCUT2D eigenvalue weighted by Gasteiger charge is -2.06. The normalized spacial score (nSPS) is 10.5. The van der Waals surface area contributed by atoms with Crippen LogP contribution in [0.1, 0.15) is 18.2 Å². The van der Waals surface area contributed by atoms with Crippen LogP contribution in [-0.4, -0.2) is 19.7 Å². The van der Waals surface area contributed by atoms with Crippen molar-refractivity contribution in [1.29, 1.82) is 5.26 Å². The Morgan fingerprint density at radius 1 is 1.38 bits per heavy atom. The summed E-state index contributed by atoms with van der Waals surface area (Å²) in [5.41, 5.74) is 4.03. The number of fused-ring (bicyclic) bond motifs is 1. The largest absolute Gasteiger partial charge is 0.324 e. The van der Waals surface area contributed by atoms with Gasteiger partial charge >= 0.3 is 0 Å². The first-order valence-electron chi connectivity index (χ1n) is 6.62. The monoisotopic (exact) mass is 275 g/mol. The average molecular weight is 275 g/mol. The van der Waals surface area contributed by atoms with Crippen molar-refractivity contribution in [2.45, 2.75) is 13.5 Å². The summed E-state index contributed by atoms with van der Waals surface area (Å²) in [5, 5.41) is 17.0. The van der Waals surface area contributed by atoms with Crippen molar-refractivity contribution in [3.05, 3.63) is 48.3 Å². The molecule has 0 radical (unpaired) electrons. The summed E-state index contributed by atoms with van der Waals surface area (Å²) in [6.45, 7) is 6.51. The first-order valence-corrected chi connectivity index (χ1v) is 6.62. The molecule has 2 heterocycles. The molecular formula is C16H13N5. The van der Waals surface area contributed by atoms with Crippen molar-refractivity contribution in [2.75, 3.05) is 0 Å². The third-order valence-corrected chi connectivity index (χ3v) is 3.33. The lowest BCUT2D eigenvalue weighted by molar-refractivity contribution is 0.794. The van der Waals surface area contributed by atoms with E-state index in [0.717, 1.165) is 29.0 Å². The Labute approximate surface area is 122 Å². The van der Waals surface area contributed by atoms with Gasteiger partial charge in [-0.1, -0.05) is 6.58 Å². The van der Waals surface area contributed by atoms with Crippen molar-refractivity contribution >= 4 is 17.1 Å². The van der Waals surface area contributed by atoms with Crippen molar-refractivity contribution < 1.29 is 0 Å². The SMILES string of the molecule is C=Cc1cc(-c2nc3ccc(C#N)cc3n2CC)cnn1. The van der Waals surface area contributed by atoms with Crippen LogP contribution in [0.2, 0.25) is 0 Å². The fourth-order valence-electron chi connectivity index (χ4n) is 2.34. The maximum Gasteiger partial charge on any atom is 0.142 e. The molecule has 0 bridgehead atoms. The summed E-state index contributed by atoms with van der Waals surface area (Å²) >= 11 is 0. The zero-order valence-corrected chi connectivity index (χ0v) is 11.6. The van der Waals surface area contributed by atoms with E-state index in [4.69, 9.17) is 5.26 Å². The van der Waals surface area contributed by atoms with E-state index in [1.807, 2.05) is 25.1 Å². The quantitative estimate of drug-likeness (QED) is 0.736. The molecule has 102 valence electrons. The summed E-state index contributed by atoms with van der Waals surface area (Å²) in [5.74, 6) is 0.820. The van der Waals surface area contributed by atoms with E-state index in [0.29, 0.717) is 11.3 Å². The maximum absolute atomic E-state index is 9.04. The van der Waals surface area contributed by atoms with E-state index < -0.39 is 0 Å². The third kappa shape index (κ3) is 2.17. The zero-order valence-electron chi connectivity index (χ0n) is 11.6. The number of aromatic nitrogens is 4. The molecule has 5 heteroatoms. The Hall–Kier alpha value is -3.00. The second-order valence-electron chi connectivity index (χ2n) is 4.57. The molecule has 0 aliphatic heterocycles. The van der Waals surface area contributed by atoms with Gasteiger partial charge in [-0.3, -0.25) is 0 Å². The lowest BCUT2D eigenvalue weighted by atomic mass is 10.2. The molecular weight excluding hydrogens is 262 g/mol. The van der Waals surface area contributed by atoms with E-state index in [1.54, 1.807) is 18.3 Å². The highest BCUT2D eigenvalue weighted by atomic mass is 15.1. The number of benzene rings is 1. The minimum absolute atomic E-state index is 0.628. The smallest absolute Gasteiger partial charge is 0.142 e. The molecule has 0 fully saturated rings. The van der Waals surface area contributed by atoms with Crippen LogP contribution in [0.4, 0.5) is 0 Å². The molecule has 0 N–H and O–H groups in total. The van der Waals surface area contributed by atoms with E-state index >= 15 is 0 Å². The van der Waals surface area contributed by atoms with Gasteiger partial charge < -0.3 is 4.57 Å². The number of nitrogens with zero attached hydrogens (tertiary/aromatic N) is 5. The summed E-state index contributed by atoms with van der Waals surface area (Å²) < 4.78 is 2.07. The minimum Gasteiger partial charge on any atom is -0.324 e. The van der Waals surface area contributed by atoms with Crippen LogP contribution in [0.3, 0.4) is 0 Å². The van der Waals surface area contributed by atoms with Crippen molar-refractivity contribution in [1.82, 2.24) is 19.7 Å². The summed E-state index contributed by atoms with van der Waals surface area (Å²) in [4.78, 5) is 4.66. The fraction of sp³-hybridized carbons (Fsp3) is 0.125. The van der Waals surface area contributed by atoms with Gasteiger partial charge in [-0.05, 0) is 37.3 Å². The molecule has 21 heavy (non-hydrogen) atoms. The van der Waals surface area contributed by atoms with Crippen molar-refractivity contribution in [3.63, 3.8) is 0 Å². The van der Waals surface area contributed by atoms with Gasteiger partial charge in [0.1, 0.15) is 5.82 Å². The molecule has 0 spiro atoms. The van der Waals surface area contributed by atoms with Gasteiger partial charge in [-0.25, -0.2) is 4.98 Å². The topological polar surface area (TPSA) is 67.4 Å². The summed E-state index contributed by atoms with van der Waals surface area (Å²) in [7, 11) is 0. The maximum atomic E-state index is 9.04. The molecule has 1 aromatic carbocycles. The van der Waals surface area contributed by atoms with E-state index in [1.165, 1.54) is 0 Å². The number of aryl methyl sites for hydroxylation is 1. The van der Waals surface area contributed by atoms with Crippen LogP contribution in [0.25, 0.3) is 28.5 Å². The van der Waals surface area contributed by atoms with Gasteiger partial charge in [0.05, 0.1) is 34.6 Å². The van der Waals surface area contributed by atoms with E-state index in [-0.39, 0.29) is 0 Å². The molecule has 5 nitrogen and oxygen atoms in total. The van der Waals surface area contributed by atoms with Gasteiger partial charge in [0.25, 0.3) is 0 Å². The number of rotatable bonds is 3. The summed E-state index contributed by atoms with van der Waals surface area (Å²) in [6, 6.07) is 9.57. The van der Waals surface area contributed by atoms with E-state index in [2.05, 4.69) is 32.4 Å². The van der Waals surface area contributed by atoms with Crippen LogP contribution in [-0.2, 0) is 6.54 Å². The van der Waals surface area contributed by atoms with Gasteiger partial charge in [0.15, 0.2) is 0 Å². The Morgan fingerprint density at radius 3 is 2.95 bits per heavy atom.